The number of thiophene rings is 1. The Balaban J connectivity index is 2.29. The lowest BCUT2D eigenvalue weighted by Gasteiger charge is -2.09. The van der Waals surface area contributed by atoms with E-state index in [9.17, 15) is 14.4 Å². The molecule has 0 saturated carbocycles. The summed E-state index contributed by atoms with van der Waals surface area (Å²) in [5.74, 6) is -0.470. The van der Waals surface area contributed by atoms with E-state index in [0.29, 0.717) is 27.2 Å². The van der Waals surface area contributed by atoms with E-state index >= 15 is 0 Å². The quantitative estimate of drug-likeness (QED) is 0.671. The summed E-state index contributed by atoms with van der Waals surface area (Å²) in [4.78, 5) is 38.3. The highest BCUT2D eigenvalue weighted by molar-refractivity contribution is 7.20. The lowest BCUT2D eigenvalue weighted by molar-refractivity contribution is 0.0531. The molecule has 25 heavy (non-hydrogen) atoms. The Morgan fingerprint density at radius 2 is 1.88 bits per heavy atom. The van der Waals surface area contributed by atoms with Gasteiger partial charge >= 0.3 is 11.7 Å². The van der Waals surface area contributed by atoms with Gasteiger partial charge < -0.3 is 4.74 Å². The van der Waals surface area contributed by atoms with Crippen molar-refractivity contribution in [3.63, 3.8) is 0 Å². The van der Waals surface area contributed by atoms with Gasteiger partial charge in [-0.05, 0) is 25.0 Å². The van der Waals surface area contributed by atoms with E-state index in [0.717, 1.165) is 21.5 Å². The van der Waals surface area contributed by atoms with Crippen molar-refractivity contribution in [2.45, 2.75) is 20.4 Å². The summed E-state index contributed by atoms with van der Waals surface area (Å²) in [5.41, 5.74) is 0.695. The van der Waals surface area contributed by atoms with Crippen LogP contribution in [0.4, 0.5) is 0 Å². The molecule has 0 fully saturated rings. The van der Waals surface area contributed by atoms with Crippen LogP contribution in [-0.2, 0) is 18.3 Å². The van der Waals surface area contributed by atoms with Crippen molar-refractivity contribution in [1.82, 2.24) is 9.13 Å². The zero-order chi connectivity index (χ0) is 18.1. The minimum Gasteiger partial charge on any atom is -0.462 e. The predicted molar refractivity (Wildman–Crippen MR) is 97.6 cm³/mol. The van der Waals surface area contributed by atoms with Crippen molar-refractivity contribution < 1.29 is 9.53 Å². The maximum atomic E-state index is 12.6. The number of rotatable bonds is 4. The summed E-state index contributed by atoms with van der Waals surface area (Å²) >= 11 is 1.13. The van der Waals surface area contributed by atoms with Crippen molar-refractivity contribution in [2.75, 3.05) is 6.61 Å². The lowest BCUT2D eigenvalue weighted by atomic mass is 10.2. The first-order valence-electron chi connectivity index (χ1n) is 7.89. The van der Waals surface area contributed by atoms with Crippen molar-refractivity contribution in [3.8, 4) is 0 Å². The third-order valence-electron chi connectivity index (χ3n) is 4.05. The molecule has 0 aliphatic heterocycles. The lowest BCUT2D eigenvalue weighted by Crippen LogP contribution is -2.38. The van der Waals surface area contributed by atoms with E-state index in [2.05, 4.69) is 0 Å². The van der Waals surface area contributed by atoms with Crippen molar-refractivity contribution in [2.24, 2.45) is 7.05 Å². The zero-order valence-corrected chi connectivity index (χ0v) is 15.1. The molecule has 0 unspecified atom stereocenters. The van der Waals surface area contributed by atoms with Crippen LogP contribution in [-0.4, -0.2) is 21.7 Å². The molecule has 7 heteroatoms. The molecule has 2 heterocycles. The predicted octanol–water partition coefficient (Wildman–Crippen LogP) is 2.30. The number of benzene rings is 1. The van der Waals surface area contributed by atoms with Crippen LogP contribution in [0.5, 0.6) is 0 Å². The van der Waals surface area contributed by atoms with Crippen LogP contribution in [0.15, 0.2) is 39.9 Å². The first-order valence-corrected chi connectivity index (χ1v) is 8.71. The fourth-order valence-electron chi connectivity index (χ4n) is 2.76. The van der Waals surface area contributed by atoms with Crippen LogP contribution in [0.2, 0.25) is 0 Å². The van der Waals surface area contributed by atoms with E-state index in [1.165, 1.54) is 11.6 Å². The van der Waals surface area contributed by atoms with Crippen molar-refractivity contribution in [1.29, 1.82) is 0 Å². The Hall–Kier alpha value is -2.67. The highest BCUT2D eigenvalue weighted by atomic mass is 32.1. The molecule has 0 amide bonds. The van der Waals surface area contributed by atoms with Crippen molar-refractivity contribution in [3.05, 3.63) is 67.2 Å². The largest absolute Gasteiger partial charge is 0.462 e. The molecule has 2 aromatic heterocycles. The summed E-state index contributed by atoms with van der Waals surface area (Å²) in [7, 11) is 1.45. The van der Waals surface area contributed by atoms with Gasteiger partial charge in [0.2, 0.25) is 0 Å². The van der Waals surface area contributed by atoms with Gasteiger partial charge in [-0.1, -0.05) is 30.3 Å². The van der Waals surface area contributed by atoms with Gasteiger partial charge in [0.1, 0.15) is 9.71 Å². The maximum Gasteiger partial charge on any atom is 0.348 e. The Morgan fingerprint density at radius 3 is 2.52 bits per heavy atom. The van der Waals surface area contributed by atoms with Crippen LogP contribution in [0.1, 0.15) is 27.7 Å². The number of aryl methyl sites for hydroxylation is 1. The van der Waals surface area contributed by atoms with Crippen LogP contribution >= 0.6 is 11.3 Å². The Labute approximate surface area is 147 Å². The van der Waals surface area contributed by atoms with E-state index in [4.69, 9.17) is 4.74 Å². The average molecular weight is 358 g/mol. The monoisotopic (exact) mass is 358 g/mol. The summed E-state index contributed by atoms with van der Waals surface area (Å²) < 4.78 is 7.69. The normalized spacial score (nSPS) is 11.0. The number of fused-ring (bicyclic) bond motifs is 1. The summed E-state index contributed by atoms with van der Waals surface area (Å²) in [6.07, 6.45) is 0. The third kappa shape index (κ3) is 2.91. The smallest absolute Gasteiger partial charge is 0.348 e. The van der Waals surface area contributed by atoms with Gasteiger partial charge in [0.05, 0.1) is 18.5 Å². The first-order chi connectivity index (χ1) is 12.0. The molecule has 1 aromatic carbocycles. The highest BCUT2D eigenvalue weighted by Crippen LogP contribution is 2.28. The summed E-state index contributed by atoms with van der Waals surface area (Å²) in [6, 6.07) is 9.51. The van der Waals surface area contributed by atoms with Gasteiger partial charge in [-0.3, -0.25) is 13.9 Å². The van der Waals surface area contributed by atoms with Gasteiger partial charge in [-0.15, -0.1) is 11.3 Å². The number of nitrogens with zero attached hydrogens (tertiary/aromatic N) is 2. The molecule has 0 N–H and O–H groups in total. The summed E-state index contributed by atoms with van der Waals surface area (Å²) in [5, 5.41) is 0.395. The fraction of sp³-hybridized carbons (Fsp3) is 0.278. The second kappa shape index (κ2) is 6.68. The number of aromatic nitrogens is 2. The Kier molecular flexibility index (Phi) is 4.59. The van der Waals surface area contributed by atoms with E-state index < -0.39 is 17.2 Å². The maximum absolute atomic E-state index is 12.6. The highest BCUT2D eigenvalue weighted by Gasteiger charge is 2.22. The second-order valence-electron chi connectivity index (χ2n) is 5.68. The van der Waals surface area contributed by atoms with Gasteiger partial charge in [-0.2, -0.15) is 0 Å². The molecule has 0 bridgehead atoms. The average Bonchev–Trinajstić information content (AvgIpc) is 2.95. The second-order valence-corrected chi connectivity index (χ2v) is 6.67. The summed E-state index contributed by atoms with van der Waals surface area (Å²) in [6.45, 7) is 4.02. The zero-order valence-electron chi connectivity index (χ0n) is 14.2. The molecule has 0 atom stereocenters. The minimum absolute atomic E-state index is 0.251. The van der Waals surface area contributed by atoms with Crippen LogP contribution in [0.25, 0.3) is 10.2 Å². The molecule has 3 rings (SSSR count). The van der Waals surface area contributed by atoms with Crippen LogP contribution in [0.3, 0.4) is 0 Å². The number of esters is 1. The number of hydrogen-bond acceptors (Lipinski definition) is 5. The molecule has 6 nitrogen and oxygen atoms in total. The fourth-order valence-corrected chi connectivity index (χ4v) is 3.95. The molecule has 0 spiro atoms. The third-order valence-corrected chi connectivity index (χ3v) is 5.35. The molecule has 0 aliphatic rings. The Bertz CT molecular complexity index is 1060. The molecular weight excluding hydrogens is 340 g/mol. The van der Waals surface area contributed by atoms with Gasteiger partial charge in [0, 0.05) is 7.05 Å². The molecule has 0 radical (unpaired) electrons. The molecule has 0 saturated heterocycles. The van der Waals surface area contributed by atoms with E-state index in [1.54, 1.807) is 13.8 Å². The molecular formula is C18H18N2O4S. The molecule has 0 aliphatic carbocycles. The standard InChI is InChI=1S/C18H18N2O4S/c1-4-24-17(22)14-11(2)13-15(21)19(3)18(23)20(16(13)25-14)10-12-8-6-5-7-9-12/h5-9H,4,10H2,1-3H3. The number of carbonyl (C=O) groups excluding carboxylic acids is 1. The molecule has 130 valence electrons. The van der Waals surface area contributed by atoms with Crippen molar-refractivity contribution >= 4 is 27.5 Å². The SMILES string of the molecule is CCOC(=O)c1sc2c(c1C)c(=O)n(C)c(=O)n2Cc1ccccc1. The number of hydrogen-bond donors (Lipinski definition) is 0. The van der Waals surface area contributed by atoms with E-state index in [-0.39, 0.29) is 6.61 Å². The number of carbonyl (C=O) groups is 1. The van der Waals surface area contributed by atoms with Crippen LogP contribution < -0.4 is 11.2 Å². The topological polar surface area (TPSA) is 70.3 Å². The van der Waals surface area contributed by atoms with Crippen LogP contribution in [0, 0.1) is 6.92 Å². The van der Waals surface area contributed by atoms with E-state index in [1.807, 2.05) is 30.3 Å². The number of ether oxygens (including phenoxy) is 1. The first kappa shape index (κ1) is 17.2. The van der Waals surface area contributed by atoms with Gasteiger partial charge in [0.25, 0.3) is 5.56 Å². The molecule has 3 aromatic rings. The Morgan fingerprint density at radius 1 is 1.20 bits per heavy atom. The minimum atomic E-state index is -0.470. The van der Waals surface area contributed by atoms with Gasteiger partial charge in [-0.25, -0.2) is 9.59 Å². The van der Waals surface area contributed by atoms with Gasteiger partial charge in [0.15, 0.2) is 0 Å².